The highest BCUT2D eigenvalue weighted by atomic mass is 32.1. The second-order valence-corrected chi connectivity index (χ2v) is 9.04. The van der Waals surface area contributed by atoms with Gasteiger partial charge in [-0.1, -0.05) is 0 Å². The molecule has 1 aliphatic rings. The van der Waals surface area contributed by atoms with Crippen molar-refractivity contribution in [2.24, 2.45) is 5.92 Å². The molecule has 1 saturated carbocycles. The molecule has 3 rings (SSSR count). The summed E-state index contributed by atoms with van der Waals surface area (Å²) in [6, 6.07) is 3.59. The zero-order valence-electron chi connectivity index (χ0n) is 16.0. The number of amides is 2. The monoisotopic (exact) mass is 391 g/mol. The molecule has 0 aromatic carbocycles. The van der Waals surface area contributed by atoms with Crippen LogP contribution in [-0.4, -0.2) is 34.7 Å². The van der Waals surface area contributed by atoms with Crippen molar-refractivity contribution in [1.29, 1.82) is 0 Å². The van der Waals surface area contributed by atoms with E-state index in [0.717, 1.165) is 12.8 Å². The van der Waals surface area contributed by atoms with Crippen LogP contribution in [0.1, 0.15) is 50.2 Å². The molecule has 1 unspecified atom stereocenters. The third-order valence-electron chi connectivity index (χ3n) is 4.34. The number of carbonyl (C=O) groups is 2. The number of hydrogen-bond donors (Lipinski definition) is 2. The minimum atomic E-state index is -0.561. The number of rotatable bonds is 6. The first-order valence-corrected chi connectivity index (χ1v) is 9.77. The molecule has 7 nitrogen and oxygen atoms in total. The number of thiazole rings is 1. The van der Waals surface area contributed by atoms with Crippen LogP contribution in [-0.2, 0) is 4.74 Å². The summed E-state index contributed by atoms with van der Waals surface area (Å²) in [4.78, 5) is 29.5. The topological polar surface area (TPSA) is 93.5 Å². The average Bonchev–Trinajstić information content (AvgIpc) is 3.09. The van der Waals surface area contributed by atoms with Crippen LogP contribution in [0.4, 0.5) is 4.79 Å². The van der Waals surface area contributed by atoms with E-state index in [1.165, 1.54) is 11.3 Å². The molecule has 2 heterocycles. The minimum Gasteiger partial charge on any atom is -0.462 e. The summed E-state index contributed by atoms with van der Waals surface area (Å²) in [7, 11) is 0. The Morgan fingerprint density at radius 3 is 2.67 bits per heavy atom. The van der Waals surface area contributed by atoms with E-state index in [4.69, 9.17) is 9.15 Å². The van der Waals surface area contributed by atoms with Crippen LogP contribution < -0.4 is 10.6 Å². The van der Waals surface area contributed by atoms with Crippen LogP contribution in [0.15, 0.2) is 29.0 Å². The molecule has 0 spiro atoms. The maximum atomic E-state index is 12.7. The van der Waals surface area contributed by atoms with E-state index in [2.05, 4.69) is 15.6 Å². The number of carbonyl (C=O) groups excluding carboxylic acids is 2. The van der Waals surface area contributed by atoms with Crippen molar-refractivity contribution in [3.05, 3.63) is 29.5 Å². The number of hydrogen-bond acceptors (Lipinski definition) is 6. The van der Waals surface area contributed by atoms with E-state index in [1.54, 1.807) is 24.6 Å². The SMILES string of the molecule is CC(C)(C)OC(=O)NCC(C)(NC(=O)c1cnc(-c2ccco2)s1)C1CC1. The van der Waals surface area contributed by atoms with Crippen LogP contribution >= 0.6 is 11.3 Å². The largest absolute Gasteiger partial charge is 0.462 e. The molecule has 0 bridgehead atoms. The van der Waals surface area contributed by atoms with E-state index < -0.39 is 17.2 Å². The zero-order valence-corrected chi connectivity index (χ0v) is 16.8. The van der Waals surface area contributed by atoms with E-state index in [1.807, 2.05) is 27.7 Å². The van der Waals surface area contributed by atoms with Crippen molar-refractivity contribution >= 4 is 23.3 Å². The van der Waals surface area contributed by atoms with Gasteiger partial charge in [-0.2, -0.15) is 0 Å². The third kappa shape index (κ3) is 5.09. The summed E-state index contributed by atoms with van der Waals surface area (Å²) in [5.74, 6) is 0.759. The fourth-order valence-electron chi connectivity index (χ4n) is 2.80. The van der Waals surface area contributed by atoms with Crippen molar-refractivity contribution in [2.45, 2.75) is 51.7 Å². The Bertz CT molecular complexity index is 805. The summed E-state index contributed by atoms with van der Waals surface area (Å²) in [5.41, 5.74) is -1.10. The normalized spacial score (nSPS) is 16.4. The predicted molar refractivity (Wildman–Crippen MR) is 103 cm³/mol. The maximum absolute atomic E-state index is 12.7. The van der Waals surface area contributed by atoms with Gasteiger partial charge in [0, 0.05) is 6.54 Å². The van der Waals surface area contributed by atoms with Crippen molar-refractivity contribution in [3.63, 3.8) is 0 Å². The number of nitrogens with one attached hydrogen (secondary N) is 2. The first-order chi connectivity index (χ1) is 12.7. The molecule has 2 aromatic heterocycles. The lowest BCUT2D eigenvalue weighted by molar-refractivity contribution is 0.0503. The summed E-state index contributed by atoms with van der Waals surface area (Å²) >= 11 is 1.27. The molecule has 2 aromatic rings. The van der Waals surface area contributed by atoms with Crippen LogP contribution in [0, 0.1) is 5.92 Å². The van der Waals surface area contributed by atoms with E-state index in [9.17, 15) is 9.59 Å². The second kappa shape index (κ2) is 7.34. The van der Waals surface area contributed by atoms with Gasteiger partial charge in [-0.15, -0.1) is 11.3 Å². The molecule has 27 heavy (non-hydrogen) atoms. The van der Waals surface area contributed by atoms with Gasteiger partial charge in [-0.05, 0) is 58.6 Å². The fraction of sp³-hybridized carbons (Fsp3) is 0.526. The number of alkyl carbamates (subject to hydrolysis) is 1. The Labute approximate surface area is 162 Å². The average molecular weight is 391 g/mol. The van der Waals surface area contributed by atoms with Gasteiger partial charge in [0.05, 0.1) is 18.0 Å². The lowest BCUT2D eigenvalue weighted by Gasteiger charge is -2.31. The zero-order chi connectivity index (χ0) is 19.7. The molecular formula is C19H25N3O4S. The first-order valence-electron chi connectivity index (χ1n) is 8.95. The number of aromatic nitrogens is 1. The van der Waals surface area contributed by atoms with E-state index in [-0.39, 0.29) is 5.91 Å². The van der Waals surface area contributed by atoms with Gasteiger partial charge in [-0.3, -0.25) is 4.79 Å². The van der Waals surface area contributed by atoms with Crippen LogP contribution in [0.5, 0.6) is 0 Å². The maximum Gasteiger partial charge on any atom is 0.407 e. The fourth-order valence-corrected chi connectivity index (χ4v) is 3.57. The van der Waals surface area contributed by atoms with Crippen molar-refractivity contribution in [3.8, 4) is 10.8 Å². The molecule has 146 valence electrons. The standard InChI is InChI=1S/C19H25N3O4S/c1-18(2,3)26-17(24)21-11-19(4,12-7-8-12)22-15(23)14-10-20-16(27-14)13-6-5-9-25-13/h5-6,9-10,12H,7-8,11H2,1-4H3,(H,21,24)(H,22,23). The first kappa shape index (κ1) is 19.4. The van der Waals surface area contributed by atoms with Crippen molar-refractivity contribution < 1.29 is 18.7 Å². The van der Waals surface area contributed by atoms with Crippen LogP contribution in [0.25, 0.3) is 10.8 Å². The summed E-state index contributed by atoms with van der Waals surface area (Å²) in [6.45, 7) is 7.70. The Morgan fingerprint density at radius 2 is 2.07 bits per heavy atom. The van der Waals surface area contributed by atoms with Gasteiger partial charge in [0.15, 0.2) is 10.8 Å². The smallest absolute Gasteiger partial charge is 0.407 e. The van der Waals surface area contributed by atoms with Gasteiger partial charge >= 0.3 is 6.09 Å². The van der Waals surface area contributed by atoms with Gasteiger partial charge in [0.2, 0.25) is 0 Å². The minimum absolute atomic E-state index is 0.203. The van der Waals surface area contributed by atoms with Crippen LogP contribution in [0.2, 0.25) is 0 Å². The Morgan fingerprint density at radius 1 is 1.33 bits per heavy atom. The Balaban J connectivity index is 1.63. The quantitative estimate of drug-likeness (QED) is 0.781. The third-order valence-corrected chi connectivity index (χ3v) is 5.35. The highest BCUT2D eigenvalue weighted by molar-refractivity contribution is 7.16. The number of furan rings is 1. The van der Waals surface area contributed by atoms with Crippen molar-refractivity contribution in [1.82, 2.24) is 15.6 Å². The second-order valence-electron chi connectivity index (χ2n) is 8.01. The highest BCUT2D eigenvalue weighted by Gasteiger charge is 2.43. The summed E-state index contributed by atoms with van der Waals surface area (Å²) in [6.07, 6.45) is 4.68. The highest BCUT2D eigenvalue weighted by Crippen LogP contribution is 2.39. The predicted octanol–water partition coefficient (Wildman–Crippen LogP) is 3.83. The van der Waals surface area contributed by atoms with Gasteiger partial charge in [0.1, 0.15) is 10.5 Å². The molecule has 2 amide bonds. The van der Waals surface area contributed by atoms with Crippen LogP contribution in [0.3, 0.4) is 0 Å². The Hall–Kier alpha value is -2.35. The van der Waals surface area contributed by atoms with E-state index >= 15 is 0 Å². The molecule has 2 N–H and O–H groups in total. The Kier molecular flexibility index (Phi) is 5.28. The molecule has 1 fully saturated rings. The molecule has 1 atom stereocenters. The summed E-state index contributed by atoms with van der Waals surface area (Å²) < 4.78 is 10.6. The lowest BCUT2D eigenvalue weighted by Crippen LogP contribution is -2.55. The van der Waals surface area contributed by atoms with E-state index in [0.29, 0.717) is 28.1 Å². The lowest BCUT2D eigenvalue weighted by atomic mass is 9.95. The van der Waals surface area contributed by atoms with Gasteiger partial charge in [-0.25, -0.2) is 9.78 Å². The molecule has 8 heteroatoms. The molecule has 0 saturated heterocycles. The number of ether oxygens (including phenoxy) is 1. The number of nitrogens with zero attached hydrogens (tertiary/aromatic N) is 1. The van der Waals surface area contributed by atoms with Crippen molar-refractivity contribution in [2.75, 3.05) is 6.54 Å². The molecule has 1 aliphatic carbocycles. The summed E-state index contributed by atoms with van der Waals surface area (Å²) in [5, 5.41) is 6.52. The molecule has 0 aliphatic heterocycles. The van der Waals surface area contributed by atoms with Gasteiger partial charge < -0.3 is 19.8 Å². The molecular weight excluding hydrogens is 366 g/mol. The van der Waals surface area contributed by atoms with Gasteiger partial charge in [0.25, 0.3) is 5.91 Å². The molecule has 0 radical (unpaired) electrons.